The fourth-order valence-corrected chi connectivity index (χ4v) is 2.64. The van der Waals surface area contributed by atoms with E-state index in [9.17, 15) is 5.11 Å². The van der Waals surface area contributed by atoms with Gasteiger partial charge in [0, 0.05) is 6.54 Å². The molecule has 3 aromatic rings. The molecule has 0 saturated carbocycles. The normalized spacial score (nSPS) is 10.9. The fourth-order valence-electron chi connectivity index (χ4n) is 2.64. The Morgan fingerprint density at radius 1 is 1.04 bits per heavy atom. The monoisotopic (exact) mass is 312 g/mol. The van der Waals surface area contributed by atoms with E-state index >= 15 is 0 Å². The molecule has 0 saturated heterocycles. The molecule has 120 valence electrons. The number of hydrogen-bond donors (Lipinski definition) is 1. The first kappa shape index (κ1) is 15.4. The molecule has 0 fully saturated rings. The van der Waals surface area contributed by atoms with Crippen LogP contribution in [0.25, 0.3) is 11.0 Å². The highest BCUT2D eigenvalue weighted by Crippen LogP contribution is 2.26. The summed E-state index contributed by atoms with van der Waals surface area (Å²) in [7, 11) is 1.63. The van der Waals surface area contributed by atoms with Crippen molar-refractivity contribution in [3.63, 3.8) is 0 Å². The van der Waals surface area contributed by atoms with Crippen LogP contribution in [-0.4, -0.2) is 28.4 Å². The summed E-state index contributed by atoms with van der Waals surface area (Å²) in [6, 6.07) is 15.5. The van der Waals surface area contributed by atoms with Crippen molar-refractivity contribution in [2.75, 3.05) is 13.7 Å². The summed E-state index contributed by atoms with van der Waals surface area (Å²) in [4.78, 5) is 4.45. The van der Waals surface area contributed by atoms with Crippen molar-refractivity contribution >= 4 is 11.0 Å². The lowest BCUT2D eigenvalue weighted by Crippen LogP contribution is -2.08. The molecule has 2 aromatic carbocycles. The van der Waals surface area contributed by atoms with Crippen molar-refractivity contribution in [3.05, 3.63) is 54.4 Å². The number of aliphatic hydroxyl groups excluding tert-OH is 1. The topological polar surface area (TPSA) is 56.5 Å². The van der Waals surface area contributed by atoms with Crippen LogP contribution < -0.4 is 9.47 Å². The van der Waals surface area contributed by atoms with Crippen LogP contribution in [0.3, 0.4) is 0 Å². The third kappa shape index (κ3) is 3.29. The SMILES string of the molecule is COc1ccccc1OCCCn1c(CO)nc2ccccc21. The van der Waals surface area contributed by atoms with Gasteiger partial charge in [0.15, 0.2) is 11.5 Å². The molecule has 0 bridgehead atoms. The van der Waals surface area contributed by atoms with Crippen LogP contribution in [-0.2, 0) is 13.2 Å². The van der Waals surface area contributed by atoms with Gasteiger partial charge in [0.1, 0.15) is 12.4 Å². The zero-order valence-corrected chi connectivity index (χ0v) is 13.1. The van der Waals surface area contributed by atoms with Gasteiger partial charge in [0.25, 0.3) is 0 Å². The van der Waals surface area contributed by atoms with E-state index in [1.165, 1.54) is 0 Å². The fraction of sp³-hybridized carbons (Fsp3) is 0.278. The van der Waals surface area contributed by atoms with Gasteiger partial charge in [-0.1, -0.05) is 24.3 Å². The van der Waals surface area contributed by atoms with Crippen LogP contribution >= 0.6 is 0 Å². The third-order valence-corrected chi connectivity index (χ3v) is 3.73. The molecular weight excluding hydrogens is 292 g/mol. The number of nitrogens with zero attached hydrogens (tertiary/aromatic N) is 2. The van der Waals surface area contributed by atoms with Gasteiger partial charge in [-0.05, 0) is 30.7 Å². The predicted octanol–water partition coefficient (Wildman–Crippen LogP) is 3.01. The molecule has 0 unspecified atom stereocenters. The van der Waals surface area contributed by atoms with Gasteiger partial charge in [-0.25, -0.2) is 4.98 Å². The molecule has 0 aliphatic carbocycles. The minimum atomic E-state index is -0.0674. The highest BCUT2D eigenvalue weighted by Gasteiger charge is 2.09. The lowest BCUT2D eigenvalue weighted by Gasteiger charge is -2.11. The van der Waals surface area contributed by atoms with Gasteiger partial charge in [-0.2, -0.15) is 0 Å². The number of methoxy groups -OCH3 is 1. The molecule has 0 aliphatic heterocycles. The van der Waals surface area contributed by atoms with E-state index in [0.29, 0.717) is 12.4 Å². The number of aliphatic hydroxyl groups is 1. The molecule has 23 heavy (non-hydrogen) atoms. The number of hydrogen-bond acceptors (Lipinski definition) is 4. The first-order valence-corrected chi connectivity index (χ1v) is 7.64. The molecule has 1 N–H and O–H groups in total. The second-order valence-electron chi connectivity index (χ2n) is 5.18. The maximum absolute atomic E-state index is 9.49. The number of fused-ring (bicyclic) bond motifs is 1. The molecule has 5 nitrogen and oxygen atoms in total. The number of rotatable bonds is 7. The van der Waals surface area contributed by atoms with Gasteiger partial charge < -0.3 is 19.1 Å². The van der Waals surface area contributed by atoms with Crippen LogP contribution in [0.5, 0.6) is 11.5 Å². The molecule has 3 rings (SSSR count). The van der Waals surface area contributed by atoms with E-state index in [4.69, 9.17) is 9.47 Å². The van der Waals surface area contributed by atoms with E-state index in [2.05, 4.69) is 4.98 Å². The summed E-state index contributed by atoms with van der Waals surface area (Å²) in [6.07, 6.45) is 0.811. The Morgan fingerprint density at radius 3 is 2.57 bits per heavy atom. The minimum absolute atomic E-state index is 0.0674. The van der Waals surface area contributed by atoms with Gasteiger partial charge in [0.2, 0.25) is 0 Å². The molecule has 0 spiro atoms. The second kappa shape index (κ2) is 7.15. The number of ether oxygens (including phenoxy) is 2. The van der Waals surface area contributed by atoms with E-state index in [1.807, 2.05) is 53.1 Å². The second-order valence-corrected chi connectivity index (χ2v) is 5.18. The minimum Gasteiger partial charge on any atom is -0.493 e. The van der Waals surface area contributed by atoms with Crippen LogP contribution in [0.1, 0.15) is 12.2 Å². The average molecular weight is 312 g/mol. The summed E-state index contributed by atoms with van der Waals surface area (Å²) in [5, 5.41) is 9.49. The zero-order valence-electron chi connectivity index (χ0n) is 13.1. The third-order valence-electron chi connectivity index (χ3n) is 3.73. The van der Waals surface area contributed by atoms with E-state index in [-0.39, 0.29) is 6.61 Å². The molecule has 1 aromatic heterocycles. The number of imidazole rings is 1. The number of aryl methyl sites for hydroxylation is 1. The number of benzene rings is 2. The van der Waals surface area contributed by atoms with E-state index < -0.39 is 0 Å². The Bertz CT molecular complexity index is 783. The van der Waals surface area contributed by atoms with Crippen molar-refractivity contribution < 1.29 is 14.6 Å². The molecular formula is C18H20N2O3. The predicted molar refractivity (Wildman–Crippen MR) is 88.8 cm³/mol. The van der Waals surface area contributed by atoms with Crippen molar-refractivity contribution in [2.45, 2.75) is 19.6 Å². The van der Waals surface area contributed by atoms with Gasteiger partial charge in [-0.15, -0.1) is 0 Å². The zero-order chi connectivity index (χ0) is 16.1. The summed E-state index contributed by atoms with van der Waals surface area (Å²) in [6.45, 7) is 1.24. The summed E-state index contributed by atoms with van der Waals surface area (Å²) < 4.78 is 13.1. The highest BCUT2D eigenvalue weighted by atomic mass is 16.5. The molecule has 0 amide bonds. The summed E-state index contributed by atoms with van der Waals surface area (Å²) in [5.41, 5.74) is 1.94. The summed E-state index contributed by atoms with van der Waals surface area (Å²) in [5.74, 6) is 2.16. The van der Waals surface area contributed by atoms with Crippen LogP contribution in [0.15, 0.2) is 48.5 Å². The molecule has 5 heteroatoms. The number of para-hydroxylation sites is 4. The van der Waals surface area contributed by atoms with Crippen LogP contribution in [0.4, 0.5) is 0 Å². The first-order valence-electron chi connectivity index (χ1n) is 7.64. The van der Waals surface area contributed by atoms with E-state index in [0.717, 1.165) is 35.5 Å². The Morgan fingerprint density at radius 2 is 1.78 bits per heavy atom. The summed E-state index contributed by atoms with van der Waals surface area (Å²) >= 11 is 0. The molecule has 0 aliphatic rings. The standard InChI is InChI=1S/C18H20N2O3/c1-22-16-9-4-5-10-17(16)23-12-6-11-20-15-8-3-2-7-14(15)19-18(20)13-21/h2-5,7-10,21H,6,11-13H2,1H3. The molecule has 0 atom stereocenters. The quantitative estimate of drug-likeness (QED) is 0.681. The molecule has 1 heterocycles. The van der Waals surface area contributed by atoms with E-state index in [1.54, 1.807) is 7.11 Å². The maximum Gasteiger partial charge on any atom is 0.161 e. The Hall–Kier alpha value is -2.53. The molecule has 0 radical (unpaired) electrons. The van der Waals surface area contributed by atoms with Crippen LogP contribution in [0.2, 0.25) is 0 Å². The lowest BCUT2D eigenvalue weighted by atomic mass is 10.3. The van der Waals surface area contributed by atoms with Gasteiger partial charge >= 0.3 is 0 Å². The first-order chi connectivity index (χ1) is 11.3. The Kier molecular flexibility index (Phi) is 4.78. The van der Waals surface area contributed by atoms with Gasteiger partial charge in [0.05, 0.1) is 24.8 Å². The van der Waals surface area contributed by atoms with Crippen molar-refractivity contribution in [1.82, 2.24) is 9.55 Å². The smallest absolute Gasteiger partial charge is 0.161 e. The van der Waals surface area contributed by atoms with Crippen LogP contribution in [0, 0.1) is 0 Å². The lowest BCUT2D eigenvalue weighted by molar-refractivity contribution is 0.259. The highest BCUT2D eigenvalue weighted by molar-refractivity contribution is 5.75. The Labute approximate surface area is 135 Å². The Balaban J connectivity index is 1.65. The van der Waals surface area contributed by atoms with Crippen molar-refractivity contribution in [2.24, 2.45) is 0 Å². The number of aromatic nitrogens is 2. The van der Waals surface area contributed by atoms with Gasteiger partial charge in [-0.3, -0.25) is 0 Å². The average Bonchev–Trinajstić information content (AvgIpc) is 2.97. The van der Waals surface area contributed by atoms with Crippen molar-refractivity contribution in [3.8, 4) is 11.5 Å². The largest absolute Gasteiger partial charge is 0.493 e. The maximum atomic E-state index is 9.49. The van der Waals surface area contributed by atoms with Crippen molar-refractivity contribution in [1.29, 1.82) is 0 Å².